The molecular formula is C26H37N5O5S. The highest BCUT2D eigenvalue weighted by atomic mass is 32.2. The fourth-order valence-corrected chi connectivity index (χ4v) is 4.09. The van der Waals surface area contributed by atoms with Crippen molar-refractivity contribution in [1.29, 1.82) is 0 Å². The average Bonchev–Trinajstić information content (AvgIpc) is 3.60. The highest BCUT2D eigenvalue weighted by molar-refractivity contribution is 7.98. The van der Waals surface area contributed by atoms with Gasteiger partial charge in [-0.2, -0.15) is 11.8 Å². The summed E-state index contributed by atoms with van der Waals surface area (Å²) in [7, 11) is 3.39. The Morgan fingerprint density at radius 1 is 1.27 bits per heavy atom. The lowest BCUT2D eigenvalue weighted by Gasteiger charge is -2.18. The molecule has 1 aliphatic rings. The number of nitrogens with one attached hydrogen (secondary N) is 2. The summed E-state index contributed by atoms with van der Waals surface area (Å²) in [5.74, 6) is 0.0544. The molecule has 3 rings (SSSR count). The van der Waals surface area contributed by atoms with Crippen molar-refractivity contribution in [2.45, 2.75) is 32.2 Å². The first-order valence-electron chi connectivity index (χ1n) is 12.1. The number of carboxylic acid groups (broad SMARTS) is 1. The molecule has 0 aliphatic carbocycles. The number of imidazole rings is 1. The van der Waals surface area contributed by atoms with Crippen LogP contribution in [-0.2, 0) is 27.3 Å². The number of nitrogens with zero attached hydrogens (tertiary/aromatic N) is 3. The van der Waals surface area contributed by atoms with Crippen LogP contribution in [-0.4, -0.2) is 88.5 Å². The zero-order chi connectivity index (χ0) is 27.0. The smallest absolute Gasteiger partial charge is 0.352 e. The normalized spacial score (nSPS) is 13.2. The zero-order valence-electron chi connectivity index (χ0n) is 21.7. The van der Waals surface area contributed by atoms with Crippen molar-refractivity contribution in [3.63, 3.8) is 0 Å². The number of rotatable bonds is 12. The maximum Gasteiger partial charge on any atom is 0.352 e. The number of thioether (sulfide) groups is 1. The first-order valence-corrected chi connectivity index (χ1v) is 13.5. The molecule has 2 amide bonds. The van der Waals surface area contributed by atoms with E-state index in [0.29, 0.717) is 18.7 Å². The van der Waals surface area contributed by atoms with Crippen LogP contribution >= 0.6 is 11.8 Å². The fraction of sp³-hybridized carbons (Fsp3) is 0.462. The van der Waals surface area contributed by atoms with E-state index in [9.17, 15) is 14.4 Å². The molecule has 1 saturated heterocycles. The van der Waals surface area contributed by atoms with Gasteiger partial charge in [0.25, 0.3) is 0 Å². The first-order chi connectivity index (χ1) is 17.8. The van der Waals surface area contributed by atoms with E-state index in [4.69, 9.17) is 9.84 Å². The van der Waals surface area contributed by atoms with Gasteiger partial charge < -0.3 is 25.0 Å². The maximum absolute atomic E-state index is 12.0. The average molecular weight is 532 g/mol. The monoisotopic (exact) mass is 531 g/mol. The van der Waals surface area contributed by atoms with Crippen molar-refractivity contribution in [1.82, 2.24) is 25.1 Å². The number of amides is 2. The summed E-state index contributed by atoms with van der Waals surface area (Å²) in [4.78, 5) is 45.4. The molecule has 0 bridgehead atoms. The Labute approximate surface area is 222 Å². The molecule has 1 fully saturated rings. The predicted molar refractivity (Wildman–Crippen MR) is 144 cm³/mol. The third kappa shape index (κ3) is 11.1. The summed E-state index contributed by atoms with van der Waals surface area (Å²) in [6.07, 6.45) is 10.5. The standard InChI is InChI=1S/C16H22N2O4S.C10H15N3O/c1-18(10-12-6-4-5-7-14(12)22-2)11-15(19)17-13(16(20)21)8-9-23-3;14-10(13-5-1-2-6-13)4-3-9-7-11-8-12-9/h4-8H,9-11H2,1-3H3,(H,17,19)(H,20,21);7-8H,1-6H2,(H,11,12)/b13-8+;. The minimum atomic E-state index is -1.14. The summed E-state index contributed by atoms with van der Waals surface area (Å²) < 4.78 is 5.28. The molecule has 202 valence electrons. The van der Waals surface area contributed by atoms with Gasteiger partial charge in [0.2, 0.25) is 11.8 Å². The minimum absolute atomic E-state index is 0.0853. The number of ether oxygens (including phenoxy) is 1. The Kier molecular flexibility index (Phi) is 13.3. The Balaban J connectivity index is 0.000000291. The van der Waals surface area contributed by atoms with Gasteiger partial charge in [-0.25, -0.2) is 9.78 Å². The molecule has 1 aromatic carbocycles. The lowest BCUT2D eigenvalue weighted by Crippen LogP contribution is -2.36. The number of aromatic amines is 1. The number of hydrogen-bond acceptors (Lipinski definition) is 7. The van der Waals surface area contributed by atoms with Gasteiger partial charge >= 0.3 is 5.97 Å². The second-order valence-electron chi connectivity index (χ2n) is 8.58. The van der Waals surface area contributed by atoms with E-state index in [1.54, 1.807) is 31.6 Å². The first kappa shape index (κ1) is 29.9. The number of H-pyrrole nitrogens is 1. The van der Waals surface area contributed by atoms with Crippen molar-refractivity contribution >= 4 is 29.5 Å². The van der Waals surface area contributed by atoms with Gasteiger partial charge in [0.05, 0.1) is 20.0 Å². The largest absolute Gasteiger partial charge is 0.496 e. The number of carboxylic acids is 1. The van der Waals surface area contributed by atoms with Crippen LogP contribution in [0.2, 0.25) is 0 Å². The third-order valence-electron chi connectivity index (χ3n) is 5.63. The number of aryl methyl sites for hydroxylation is 1. The van der Waals surface area contributed by atoms with Gasteiger partial charge in [0.15, 0.2) is 0 Å². The number of hydrogen-bond donors (Lipinski definition) is 3. The van der Waals surface area contributed by atoms with E-state index in [2.05, 4.69) is 15.3 Å². The number of carbonyl (C=O) groups excluding carboxylic acids is 2. The van der Waals surface area contributed by atoms with Gasteiger partial charge in [-0.05, 0) is 44.7 Å². The number of likely N-dealkylation sites (N-methyl/N-ethyl adjacent to an activating group) is 1. The van der Waals surface area contributed by atoms with Crippen LogP contribution in [0.3, 0.4) is 0 Å². The summed E-state index contributed by atoms with van der Waals surface area (Å²) >= 11 is 1.48. The zero-order valence-corrected chi connectivity index (χ0v) is 22.6. The number of carbonyl (C=O) groups is 3. The van der Waals surface area contributed by atoms with Crippen LogP contribution in [0.15, 0.2) is 48.6 Å². The molecule has 0 spiro atoms. The van der Waals surface area contributed by atoms with E-state index in [1.807, 2.05) is 35.4 Å². The summed E-state index contributed by atoms with van der Waals surface area (Å²) in [6, 6.07) is 7.56. The van der Waals surface area contributed by atoms with Crippen LogP contribution in [0.1, 0.15) is 30.5 Å². The van der Waals surface area contributed by atoms with Crippen LogP contribution in [0.5, 0.6) is 5.75 Å². The molecule has 3 N–H and O–H groups in total. The fourth-order valence-electron chi connectivity index (χ4n) is 3.76. The third-order valence-corrected chi connectivity index (χ3v) is 6.13. The number of aliphatic carboxylic acids is 1. The van der Waals surface area contributed by atoms with Gasteiger partial charge in [0, 0.05) is 49.3 Å². The molecule has 2 heterocycles. The number of aromatic nitrogens is 2. The minimum Gasteiger partial charge on any atom is -0.496 e. The summed E-state index contributed by atoms with van der Waals surface area (Å²) in [5.41, 5.74) is 1.91. The van der Waals surface area contributed by atoms with Crippen molar-refractivity contribution < 1.29 is 24.2 Å². The van der Waals surface area contributed by atoms with Crippen LogP contribution in [0.4, 0.5) is 0 Å². The molecule has 37 heavy (non-hydrogen) atoms. The van der Waals surface area contributed by atoms with Crippen molar-refractivity contribution in [2.75, 3.05) is 45.8 Å². The summed E-state index contributed by atoms with van der Waals surface area (Å²) in [5, 5.41) is 11.5. The van der Waals surface area contributed by atoms with Crippen LogP contribution in [0, 0.1) is 0 Å². The van der Waals surface area contributed by atoms with E-state index in [0.717, 1.165) is 49.4 Å². The second-order valence-corrected chi connectivity index (χ2v) is 9.49. The highest BCUT2D eigenvalue weighted by Crippen LogP contribution is 2.18. The van der Waals surface area contributed by atoms with Gasteiger partial charge in [-0.3, -0.25) is 14.5 Å². The SMILES string of the molecule is COc1ccccc1CN(C)CC(=O)N/C(=C/CSC)C(=O)O.O=C(CCc1cnc[nH]1)N1CCCC1. The molecule has 2 aromatic rings. The van der Waals surface area contributed by atoms with E-state index in [-0.39, 0.29) is 24.1 Å². The number of likely N-dealkylation sites (tertiary alicyclic amines) is 1. The van der Waals surface area contributed by atoms with Gasteiger partial charge in [-0.15, -0.1) is 0 Å². The van der Waals surface area contributed by atoms with E-state index in [1.165, 1.54) is 17.8 Å². The highest BCUT2D eigenvalue weighted by Gasteiger charge is 2.17. The number of benzene rings is 1. The van der Waals surface area contributed by atoms with Crippen molar-refractivity contribution in [3.8, 4) is 5.75 Å². The Morgan fingerprint density at radius 3 is 2.62 bits per heavy atom. The molecule has 0 radical (unpaired) electrons. The molecule has 0 saturated carbocycles. The maximum atomic E-state index is 12.0. The predicted octanol–water partition coefficient (Wildman–Crippen LogP) is 2.54. The Bertz CT molecular complexity index is 1020. The quantitative estimate of drug-likeness (QED) is 0.357. The Morgan fingerprint density at radius 2 is 2.00 bits per heavy atom. The summed E-state index contributed by atoms with van der Waals surface area (Å²) in [6.45, 7) is 2.50. The van der Waals surface area contributed by atoms with Gasteiger partial charge in [-0.1, -0.05) is 18.2 Å². The molecule has 1 aliphatic heterocycles. The van der Waals surface area contributed by atoms with Crippen molar-refractivity contribution in [3.05, 3.63) is 59.8 Å². The second kappa shape index (κ2) is 16.4. The molecule has 11 heteroatoms. The van der Waals surface area contributed by atoms with E-state index < -0.39 is 5.97 Å². The molecule has 0 unspecified atom stereocenters. The Hall–Kier alpha value is -3.31. The lowest BCUT2D eigenvalue weighted by atomic mass is 10.2. The molecular weight excluding hydrogens is 494 g/mol. The van der Waals surface area contributed by atoms with Crippen LogP contribution < -0.4 is 10.1 Å². The molecule has 10 nitrogen and oxygen atoms in total. The number of para-hydroxylation sites is 1. The topological polar surface area (TPSA) is 128 Å². The molecule has 1 aromatic heterocycles. The lowest BCUT2D eigenvalue weighted by molar-refractivity contribution is -0.134. The van der Waals surface area contributed by atoms with E-state index >= 15 is 0 Å². The van der Waals surface area contributed by atoms with Crippen molar-refractivity contribution in [2.24, 2.45) is 0 Å². The van der Waals surface area contributed by atoms with Crippen LogP contribution in [0.25, 0.3) is 0 Å². The van der Waals surface area contributed by atoms with Gasteiger partial charge in [0.1, 0.15) is 11.4 Å². The molecule has 0 atom stereocenters. The number of methoxy groups -OCH3 is 1.